The lowest BCUT2D eigenvalue weighted by Gasteiger charge is -2.04. The summed E-state index contributed by atoms with van der Waals surface area (Å²) in [6.07, 6.45) is 0. The second-order valence-electron chi connectivity index (χ2n) is 3.35. The first-order chi connectivity index (χ1) is 8.24. The second kappa shape index (κ2) is 5.46. The average molecular weight is 270 g/mol. The molecular formula is C11H12ClN3OS. The van der Waals surface area contributed by atoms with Crippen molar-refractivity contribution in [2.24, 2.45) is 5.84 Å². The summed E-state index contributed by atoms with van der Waals surface area (Å²) in [4.78, 5) is 4.44. The lowest BCUT2D eigenvalue weighted by atomic mass is 10.1. The van der Waals surface area contributed by atoms with Gasteiger partial charge in [-0.25, -0.2) is 4.98 Å². The number of rotatable bonds is 4. The monoisotopic (exact) mass is 269 g/mol. The van der Waals surface area contributed by atoms with Crippen LogP contribution >= 0.6 is 22.9 Å². The maximum atomic E-state index is 6.17. The van der Waals surface area contributed by atoms with Crippen LogP contribution in [0.15, 0.2) is 23.6 Å². The van der Waals surface area contributed by atoms with Crippen LogP contribution in [0.1, 0.15) is 5.01 Å². The van der Waals surface area contributed by atoms with E-state index in [1.54, 1.807) is 24.5 Å². The summed E-state index contributed by atoms with van der Waals surface area (Å²) in [5.41, 5.74) is 4.33. The largest absolute Gasteiger partial charge is 0.497 e. The summed E-state index contributed by atoms with van der Waals surface area (Å²) in [6, 6.07) is 5.54. The molecule has 3 N–H and O–H groups in total. The molecule has 0 aliphatic heterocycles. The molecule has 1 heterocycles. The average Bonchev–Trinajstić information content (AvgIpc) is 2.78. The van der Waals surface area contributed by atoms with Crippen LogP contribution in [0.2, 0.25) is 5.02 Å². The molecule has 1 aromatic heterocycles. The zero-order chi connectivity index (χ0) is 12.3. The molecule has 17 heavy (non-hydrogen) atoms. The van der Waals surface area contributed by atoms with Crippen molar-refractivity contribution in [2.45, 2.75) is 6.54 Å². The number of aromatic nitrogens is 1. The van der Waals surface area contributed by atoms with Gasteiger partial charge in [-0.3, -0.25) is 11.3 Å². The Morgan fingerprint density at radius 2 is 2.35 bits per heavy atom. The molecule has 2 aromatic rings. The molecule has 0 amide bonds. The molecule has 90 valence electrons. The molecule has 0 atom stereocenters. The van der Waals surface area contributed by atoms with Gasteiger partial charge < -0.3 is 4.74 Å². The number of nitrogens with zero attached hydrogens (tertiary/aromatic N) is 1. The van der Waals surface area contributed by atoms with Gasteiger partial charge in [0.2, 0.25) is 0 Å². The van der Waals surface area contributed by atoms with Gasteiger partial charge in [-0.05, 0) is 18.2 Å². The SMILES string of the molecule is COc1ccc(-c2csc(CNN)n2)c(Cl)c1. The smallest absolute Gasteiger partial charge is 0.120 e. The minimum absolute atomic E-state index is 0.554. The van der Waals surface area contributed by atoms with Crippen LogP contribution < -0.4 is 16.0 Å². The molecule has 0 aliphatic carbocycles. The Morgan fingerprint density at radius 1 is 1.53 bits per heavy atom. The highest BCUT2D eigenvalue weighted by atomic mass is 35.5. The summed E-state index contributed by atoms with van der Waals surface area (Å²) < 4.78 is 5.10. The van der Waals surface area contributed by atoms with Crippen molar-refractivity contribution < 1.29 is 4.74 Å². The van der Waals surface area contributed by atoms with Gasteiger partial charge >= 0.3 is 0 Å². The summed E-state index contributed by atoms with van der Waals surface area (Å²) in [6.45, 7) is 0.554. The van der Waals surface area contributed by atoms with Gasteiger partial charge in [0, 0.05) is 10.9 Å². The van der Waals surface area contributed by atoms with Crippen molar-refractivity contribution in [1.29, 1.82) is 0 Å². The fraction of sp³-hybridized carbons (Fsp3) is 0.182. The van der Waals surface area contributed by atoms with Crippen LogP contribution in [-0.2, 0) is 6.54 Å². The van der Waals surface area contributed by atoms with E-state index in [1.165, 1.54) is 0 Å². The molecule has 0 fully saturated rings. The highest BCUT2D eigenvalue weighted by Crippen LogP contribution is 2.31. The number of hydrazine groups is 1. The lowest BCUT2D eigenvalue weighted by Crippen LogP contribution is -2.20. The molecule has 0 bridgehead atoms. The third kappa shape index (κ3) is 2.76. The van der Waals surface area contributed by atoms with Crippen molar-refractivity contribution in [3.63, 3.8) is 0 Å². The normalized spacial score (nSPS) is 10.5. The minimum atomic E-state index is 0.554. The Balaban J connectivity index is 2.32. The Kier molecular flexibility index (Phi) is 3.96. The van der Waals surface area contributed by atoms with E-state index >= 15 is 0 Å². The molecular weight excluding hydrogens is 258 g/mol. The summed E-state index contributed by atoms with van der Waals surface area (Å²) in [5.74, 6) is 5.98. The summed E-state index contributed by atoms with van der Waals surface area (Å²) >= 11 is 7.72. The number of nitrogens with one attached hydrogen (secondary N) is 1. The van der Waals surface area contributed by atoms with Crippen LogP contribution in [0.25, 0.3) is 11.3 Å². The van der Waals surface area contributed by atoms with Crippen molar-refractivity contribution in [1.82, 2.24) is 10.4 Å². The second-order valence-corrected chi connectivity index (χ2v) is 4.70. The van der Waals surface area contributed by atoms with Gasteiger partial charge in [0.1, 0.15) is 10.8 Å². The van der Waals surface area contributed by atoms with E-state index < -0.39 is 0 Å². The molecule has 0 saturated carbocycles. The first-order valence-corrected chi connectivity index (χ1v) is 6.22. The third-order valence-electron chi connectivity index (χ3n) is 2.26. The van der Waals surface area contributed by atoms with Crippen LogP contribution in [0.3, 0.4) is 0 Å². The Hall–Kier alpha value is -1.14. The van der Waals surface area contributed by atoms with E-state index in [2.05, 4.69) is 10.4 Å². The lowest BCUT2D eigenvalue weighted by molar-refractivity contribution is 0.415. The Labute approximate surface area is 108 Å². The predicted molar refractivity (Wildman–Crippen MR) is 70.1 cm³/mol. The first kappa shape index (κ1) is 12.3. The number of benzene rings is 1. The van der Waals surface area contributed by atoms with E-state index in [4.69, 9.17) is 22.2 Å². The summed E-state index contributed by atoms with van der Waals surface area (Å²) in [7, 11) is 1.61. The van der Waals surface area contributed by atoms with Crippen molar-refractivity contribution >= 4 is 22.9 Å². The maximum Gasteiger partial charge on any atom is 0.120 e. The van der Waals surface area contributed by atoms with Crippen molar-refractivity contribution in [2.75, 3.05) is 7.11 Å². The molecule has 0 unspecified atom stereocenters. The van der Waals surface area contributed by atoms with Crippen LogP contribution in [0, 0.1) is 0 Å². The quantitative estimate of drug-likeness (QED) is 0.661. The number of methoxy groups -OCH3 is 1. The van der Waals surface area contributed by atoms with Crippen LogP contribution in [0.5, 0.6) is 5.75 Å². The zero-order valence-electron chi connectivity index (χ0n) is 9.24. The van der Waals surface area contributed by atoms with Gasteiger partial charge in [-0.1, -0.05) is 11.6 Å². The van der Waals surface area contributed by atoms with E-state index in [0.717, 1.165) is 22.0 Å². The minimum Gasteiger partial charge on any atom is -0.497 e. The van der Waals surface area contributed by atoms with Gasteiger partial charge in [-0.2, -0.15) is 0 Å². The maximum absolute atomic E-state index is 6.17. The van der Waals surface area contributed by atoms with Crippen molar-refractivity contribution in [3.8, 4) is 17.0 Å². The van der Waals surface area contributed by atoms with Crippen LogP contribution in [-0.4, -0.2) is 12.1 Å². The number of halogens is 1. The number of hydrogen-bond donors (Lipinski definition) is 2. The van der Waals surface area contributed by atoms with Crippen molar-refractivity contribution in [3.05, 3.63) is 33.6 Å². The number of ether oxygens (including phenoxy) is 1. The zero-order valence-corrected chi connectivity index (χ0v) is 10.8. The first-order valence-electron chi connectivity index (χ1n) is 4.96. The Bertz CT molecular complexity index is 515. The van der Waals surface area contributed by atoms with E-state index in [0.29, 0.717) is 11.6 Å². The van der Waals surface area contributed by atoms with E-state index in [-0.39, 0.29) is 0 Å². The standard InChI is InChI=1S/C11H12ClN3OS/c1-16-7-2-3-8(9(12)4-7)10-6-17-11(15-10)5-14-13/h2-4,6,14H,5,13H2,1H3. The fourth-order valence-corrected chi connectivity index (χ4v) is 2.45. The Morgan fingerprint density at radius 3 is 3.00 bits per heavy atom. The number of hydrogen-bond acceptors (Lipinski definition) is 5. The molecule has 1 aromatic carbocycles. The van der Waals surface area contributed by atoms with E-state index in [1.807, 2.05) is 17.5 Å². The molecule has 2 rings (SSSR count). The summed E-state index contributed by atoms with van der Waals surface area (Å²) in [5, 5.41) is 3.51. The highest BCUT2D eigenvalue weighted by Gasteiger charge is 2.08. The molecule has 0 saturated heterocycles. The molecule has 0 spiro atoms. The molecule has 0 aliphatic rings. The van der Waals surface area contributed by atoms with Gasteiger partial charge in [0.05, 0.1) is 24.4 Å². The third-order valence-corrected chi connectivity index (χ3v) is 3.42. The van der Waals surface area contributed by atoms with Gasteiger partial charge in [-0.15, -0.1) is 11.3 Å². The fourth-order valence-electron chi connectivity index (χ4n) is 1.43. The number of thiazole rings is 1. The molecule has 4 nitrogen and oxygen atoms in total. The van der Waals surface area contributed by atoms with Gasteiger partial charge in [0.15, 0.2) is 0 Å². The number of nitrogens with two attached hydrogens (primary N) is 1. The van der Waals surface area contributed by atoms with E-state index in [9.17, 15) is 0 Å². The van der Waals surface area contributed by atoms with Crippen LogP contribution in [0.4, 0.5) is 0 Å². The predicted octanol–water partition coefficient (Wildman–Crippen LogP) is 2.44. The molecule has 6 heteroatoms. The highest BCUT2D eigenvalue weighted by molar-refractivity contribution is 7.09. The van der Waals surface area contributed by atoms with Gasteiger partial charge in [0.25, 0.3) is 0 Å². The molecule has 0 radical (unpaired) electrons. The topological polar surface area (TPSA) is 60.2 Å².